The summed E-state index contributed by atoms with van der Waals surface area (Å²) in [5.74, 6) is -1.04. The zero-order valence-corrected chi connectivity index (χ0v) is 11.3. The zero-order valence-electron chi connectivity index (χ0n) is 11.3. The smallest absolute Gasteiger partial charge is 0.317 e. The third kappa shape index (κ3) is 4.35. The van der Waals surface area contributed by atoms with Crippen molar-refractivity contribution in [1.29, 1.82) is 0 Å². The first-order valence-corrected chi connectivity index (χ1v) is 6.46. The Hall–Kier alpha value is -2.42. The van der Waals surface area contributed by atoms with Gasteiger partial charge in [-0.05, 0) is 18.1 Å². The van der Waals surface area contributed by atoms with Gasteiger partial charge in [-0.3, -0.25) is 9.59 Å². The molecule has 0 aliphatic carbocycles. The Morgan fingerprint density at radius 3 is 1.85 bits per heavy atom. The first kappa shape index (κ1) is 14.0. The number of rotatable bonds is 4. The third-order valence-electron chi connectivity index (χ3n) is 2.89. The molecular weight excluding hydrogens is 252 g/mol. The van der Waals surface area contributed by atoms with Gasteiger partial charge in [0.05, 0.1) is 12.8 Å². The van der Waals surface area contributed by atoms with Crippen LogP contribution in [-0.2, 0) is 27.2 Å². The lowest BCUT2D eigenvalue weighted by atomic mass is 10.1. The van der Waals surface area contributed by atoms with E-state index in [0.717, 1.165) is 16.7 Å². The van der Waals surface area contributed by atoms with Gasteiger partial charge in [0.25, 0.3) is 0 Å². The molecule has 0 saturated carbocycles. The summed E-state index contributed by atoms with van der Waals surface area (Å²) >= 11 is 0. The average Bonchev–Trinajstić information content (AvgIpc) is 2.42. The van der Waals surface area contributed by atoms with Crippen molar-refractivity contribution in [1.82, 2.24) is 0 Å². The van der Waals surface area contributed by atoms with Crippen molar-refractivity contribution in [3.63, 3.8) is 0 Å². The fourth-order valence-electron chi connectivity index (χ4n) is 1.83. The second-order valence-electron chi connectivity index (χ2n) is 4.67. The van der Waals surface area contributed by atoms with Crippen LogP contribution in [0.2, 0.25) is 0 Å². The maximum Gasteiger partial charge on any atom is 0.317 e. The molecule has 0 saturated heterocycles. The van der Waals surface area contributed by atoms with Gasteiger partial charge in [0.15, 0.2) is 0 Å². The summed E-state index contributed by atoms with van der Waals surface area (Å²) in [5, 5.41) is 0. The van der Waals surface area contributed by atoms with Gasteiger partial charge in [0, 0.05) is 0 Å². The number of hydrogen-bond donors (Lipinski definition) is 0. The van der Waals surface area contributed by atoms with Crippen LogP contribution < -0.4 is 0 Å². The molecule has 3 heteroatoms. The average molecular weight is 268 g/mol. The highest BCUT2D eigenvalue weighted by Crippen LogP contribution is 2.06. The monoisotopic (exact) mass is 268 g/mol. The molecule has 0 unspecified atom stereocenters. The highest BCUT2D eigenvalue weighted by molar-refractivity contribution is 5.87. The van der Waals surface area contributed by atoms with E-state index in [9.17, 15) is 9.59 Å². The minimum absolute atomic E-state index is 0.112. The van der Waals surface area contributed by atoms with Crippen LogP contribution in [0.5, 0.6) is 0 Å². The minimum atomic E-state index is -0.520. The lowest BCUT2D eigenvalue weighted by Crippen LogP contribution is -2.16. The van der Waals surface area contributed by atoms with E-state index < -0.39 is 11.9 Å². The molecule has 0 atom stereocenters. The number of ether oxygens (including phenoxy) is 1. The molecule has 0 spiro atoms. The molecular formula is C17H16O3. The van der Waals surface area contributed by atoms with E-state index in [4.69, 9.17) is 4.74 Å². The van der Waals surface area contributed by atoms with Crippen molar-refractivity contribution in [2.24, 2.45) is 0 Å². The maximum atomic E-state index is 11.7. The molecule has 0 aliphatic rings. The van der Waals surface area contributed by atoms with Gasteiger partial charge < -0.3 is 4.74 Å². The second kappa shape index (κ2) is 6.66. The van der Waals surface area contributed by atoms with Gasteiger partial charge in [-0.25, -0.2) is 0 Å². The van der Waals surface area contributed by atoms with Crippen molar-refractivity contribution in [3.8, 4) is 0 Å². The molecule has 0 aromatic heterocycles. The Bertz CT molecular complexity index is 585. The Morgan fingerprint density at radius 1 is 0.800 bits per heavy atom. The number of aryl methyl sites for hydroxylation is 1. The summed E-state index contributed by atoms with van der Waals surface area (Å²) in [7, 11) is 0. The van der Waals surface area contributed by atoms with Crippen LogP contribution >= 0.6 is 0 Å². The molecule has 20 heavy (non-hydrogen) atoms. The zero-order chi connectivity index (χ0) is 14.4. The van der Waals surface area contributed by atoms with Crippen molar-refractivity contribution >= 4 is 11.9 Å². The predicted octanol–water partition coefficient (Wildman–Crippen LogP) is 2.85. The van der Waals surface area contributed by atoms with Crippen molar-refractivity contribution in [3.05, 3.63) is 71.3 Å². The van der Waals surface area contributed by atoms with Gasteiger partial charge in [-0.2, -0.15) is 0 Å². The predicted molar refractivity (Wildman–Crippen MR) is 76.1 cm³/mol. The van der Waals surface area contributed by atoms with E-state index in [1.807, 2.05) is 61.5 Å². The standard InChI is InChI=1S/C17H16O3/c1-13-7-9-15(10-8-13)12-17(19)20-16(18)11-14-5-3-2-4-6-14/h2-10H,11-12H2,1H3. The Labute approximate surface area is 118 Å². The number of esters is 2. The lowest BCUT2D eigenvalue weighted by molar-refractivity contribution is -0.158. The Kier molecular flexibility index (Phi) is 4.66. The molecule has 0 radical (unpaired) electrons. The Balaban J connectivity index is 1.85. The number of hydrogen-bond acceptors (Lipinski definition) is 3. The van der Waals surface area contributed by atoms with Crippen LogP contribution in [0.1, 0.15) is 16.7 Å². The lowest BCUT2D eigenvalue weighted by Gasteiger charge is -2.04. The van der Waals surface area contributed by atoms with E-state index in [1.165, 1.54) is 0 Å². The molecule has 2 aromatic carbocycles. The van der Waals surface area contributed by atoms with Crippen molar-refractivity contribution < 1.29 is 14.3 Å². The molecule has 0 amide bonds. The van der Waals surface area contributed by atoms with Crippen molar-refractivity contribution in [2.75, 3.05) is 0 Å². The van der Waals surface area contributed by atoms with Crippen LogP contribution in [0.15, 0.2) is 54.6 Å². The van der Waals surface area contributed by atoms with Crippen LogP contribution in [0.3, 0.4) is 0 Å². The number of carbonyl (C=O) groups is 2. The maximum absolute atomic E-state index is 11.7. The van der Waals surface area contributed by atoms with E-state index >= 15 is 0 Å². The highest BCUT2D eigenvalue weighted by atomic mass is 16.6. The summed E-state index contributed by atoms with van der Waals surface area (Å²) in [6.45, 7) is 1.98. The number of benzene rings is 2. The summed E-state index contributed by atoms with van der Waals surface area (Å²) in [4.78, 5) is 23.3. The van der Waals surface area contributed by atoms with Gasteiger partial charge in [-0.1, -0.05) is 60.2 Å². The van der Waals surface area contributed by atoms with E-state index in [-0.39, 0.29) is 12.8 Å². The first-order chi connectivity index (χ1) is 9.63. The molecule has 0 bridgehead atoms. The Morgan fingerprint density at radius 2 is 1.30 bits per heavy atom. The van der Waals surface area contributed by atoms with Crippen LogP contribution in [0, 0.1) is 6.92 Å². The van der Waals surface area contributed by atoms with Crippen molar-refractivity contribution in [2.45, 2.75) is 19.8 Å². The van der Waals surface area contributed by atoms with Crippen LogP contribution in [0.25, 0.3) is 0 Å². The third-order valence-corrected chi connectivity index (χ3v) is 2.89. The summed E-state index contributed by atoms with van der Waals surface area (Å²) in [6.07, 6.45) is 0.223. The minimum Gasteiger partial charge on any atom is -0.393 e. The second-order valence-corrected chi connectivity index (χ2v) is 4.67. The molecule has 3 nitrogen and oxygen atoms in total. The molecule has 2 rings (SSSR count). The van der Waals surface area contributed by atoms with Gasteiger partial charge >= 0.3 is 11.9 Å². The van der Waals surface area contributed by atoms with E-state index in [2.05, 4.69) is 0 Å². The van der Waals surface area contributed by atoms with Gasteiger partial charge in [-0.15, -0.1) is 0 Å². The van der Waals surface area contributed by atoms with Gasteiger partial charge in [0.1, 0.15) is 0 Å². The topological polar surface area (TPSA) is 43.4 Å². The van der Waals surface area contributed by atoms with E-state index in [0.29, 0.717) is 0 Å². The van der Waals surface area contributed by atoms with E-state index in [1.54, 1.807) is 0 Å². The molecule has 102 valence electrons. The fraction of sp³-hybridized carbons (Fsp3) is 0.176. The summed E-state index contributed by atoms with van der Waals surface area (Å²) in [6, 6.07) is 16.8. The fourth-order valence-corrected chi connectivity index (χ4v) is 1.83. The van der Waals surface area contributed by atoms with Crippen LogP contribution in [-0.4, -0.2) is 11.9 Å². The van der Waals surface area contributed by atoms with Crippen LogP contribution in [0.4, 0.5) is 0 Å². The molecule has 0 heterocycles. The summed E-state index contributed by atoms with van der Waals surface area (Å²) in [5.41, 5.74) is 2.80. The first-order valence-electron chi connectivity index (χ1n) is 6.46. The SMILES string of the molecule is Cc1ccc(CC(=O)OC(=O)Cc2ccccc2)cc1. The normalized spacial score (nSPS) is 10.1. The number of carbonyl (C=O) groups excluding carboxylic acids is 2. The summed E-state index contributed by atoms with van der Waals surface area (Å²) < 4.78 is 4.81. The van der Waals surface area contributed by atoms with Gasteiger partial charge in [0.2, 0.25) is 0 Å². The molecule has 0 aliphatic heterocycles. The quantitative estimate of drug-likeness (QED) is 0.632. The molecule has 0 fully saturated rings. The highest BCUT2D eigenvalue weighted by Gasteiger charge is 2.11. The largest absolute Gasteiger partial charge is 0.393 e. The molecule has 0 N–H and O–H groups in total. The molecule has 2 aromatic rings.